The van der Waals surface area contributed by atoms with Gasteiger partial charge in [-0.2, -0.15) is 0 Å². The zero-order valence-corrected chi connectivity index (χ0v) is 18.9. The van der Waals surface area contributed by atoms with Crippen molar-refractivity contribution in [1.82, 2.24) is 4.90 Å². The van der Waals surface area contributed by atoms with Crippen LogP contribution in [0.25, 0.3) is 0 Å². The van der Waals surface area contributed by atoms with Gasteiger partial charge in [-0.3, -0.25) is 4.79 Å². The van der Waals surface area contributed by atoms with Crippen LogP contribution in [0, 0.1) is 0 Å². The lowest BCUT2D eigenvalue weighted by Gasteiger charge is -2.45. The molecule has 1 atom stereocenters. The molecule has 1 amide bonds. The summed E-state index contributed by atoms with van der Waals surface area (Å²) in [7, 11) is 0. The lowest BCUT2D eigenvalue weighted by molar-refractivity contribution is -0.132. The highest BCUT2D eigenvalue weighted by molar-refractivity contribution is 5.77. The van der Waals surface area contributed by atoms with E-state index in [1.807, 2.05) is 47.4 Å². The quantitative estimate of drug-likeness (QED) is 0.596. The SMILES string of the molecule is O=C(CCc1ccccc1)N1CCC(CN2c3ccccc3NC2O)(c2ccccc2)CC1. The summed E-state index contributed by atoms with van der Waals surface area (Å²) in [6, 6.07) is 28.8. The Morgan fingerprint density at radius 3 is 2.27 bits per heavy atom. The van der Waals surface area contributed by atoms with E-state index < -0.39 is 6.35 Å². The summed E-state index contributed by atoms with van der Waals surface area (Å²) in [4.78, 5) is 17.0. The van der Waals surface area contributed by atoms with Gasteiger partial charge in [-0.25, -0.2) is 0 Å². The molecule has 0 saturated carbocycles. The van der Waals surface area contributed by atoms with E-state index >= 15 is 0 Å². The Balaban J connectivity index is 1.31. The fourth-order valence-electron chi connectivity index (χ4n) is 5.26. The minimum Gasteiger partial charge on any atom is -0.356 e. The second-order valence-electron chi connectivity index (χ2n) is 9.18. The molecule has 5 rings (SSSR count). The Bertz CT molecular complexity index is 1080. The van der Waals surface area contributed by atoms with Crippen LogP contribution in [0.2, 0.25) is 0 Å². The molecule has 2 aliphatic rings. The number of piperidine rings is 1. The number of likely N-dealkylation sites (tertiary alicyclic amines) is 1. The summed E-state index contributed by atoms with van der Waals surface area (Å²) in [6.45, 7) is 2.18. The van der Waals surface area contributed by atoms with Crippen LogP contribution in [-0.4, -0.2) is 41.9 Å². The zero-order valence-electron chi connectivity index (χ0n) is 18.9. The van der Waals surface area contributed by atoms with Gasteiger partial charge in [0.25, 0.3) is 0 Å². The van der Waals surface area contributed by atoms with Crippen molar-refractivity contribution < 1.29 is 9.90 Å². The maximum absolute atomic E-state index is 12.9. The first-order valence-corrected chi connectivity index (χ1v) is 11.8. The maximum Gasteiger partial charge on any atom is 0.222 e. The average Bonchev–Trinajstić information content (AvgIpc) is 3.19. The van der Waals surface area contributed by atoms with E-state index in [1.54, 1.807) is 0 Å². The second kappa shape index (κ2) is 9.28. The third-order valence-corrected chi connectivity index (χ3v) is 7.20. The van der Waals surface area contributed by atoms with E-state index in [-0.39, 0.29) is 11.3 Å². The van der Waals surface area contributed by atoms with Gasteiger partial charge in [0.05, 0.1) is 11.4 Å². The second-order valence-corrected chi connectivity index (χ2v) is 9.18. The van der Waals surface area contributed by atoms with Gasteiger partial charge >= 0.3 is 0 Å². The van der Waals surface area contributed by atoms with Crippen molar-refractivity contribution >= 4 is 17.3 Å². The van der Waals surface area contributed by atoms with Crippen LogP contribution in [0.5, 0.6) is 0 Å². The number of hydrogen-bond acceptors (Lipinski definition) is 4. The van der Waals surface area contributed by atoms with Gasteiger partial charge in [0.15, 0.2) is 0 Å². The van der Waals surface area contributed by atoms with E-state index in [4.69, 9.17) is 0 Å². The minimum absolute atomic E-state index is 0.127. The smallest absolute Gasteiger partial charge is 0.222 e. The topological polar surface area (TPSA) is 55.8 Å². The molecule has 0 aliphatic carbocycles. The standard InChI is InChI=1S/C28H31N3O2/c32-26(16-15-22-9-3-1-4-10-22)30-19-17-28(18-20-30,23-11-5-2-6-12-23)21-31-25-14-8-7-13-24(25)29-27(31)33/h1-14,27,29,33H,15-21H2. The predicted molar refractivity (Wildman–Crippen MR) is 132 cm³/mol. The number of fused-ring (bicyclic) bond motifs is 1. The number of rotatable bonds is 6. The van der Waals surface area contributed by atoms with Crippen molar-refractivity contribution in [2.45, 2.75) is 37.5 Å². The number of para-hydroxylation sites is 2. The summed E-state index contributed by atoms with van der Waals surface area (Å²) >= 11 is 0. The normalized spacial score (nSPS) is 19.1. The highest BCUT2D eigenvalue weighted by Crippen LogP contribution is 2.41. The van der Waals surface area contributed by atoms with Crippen LogP contribution in [0.4, 0.5) is 11.4 Å². The Morgan fingerprint density at radius 1 is 0.909 bits per heavy atom. The molecule has 170 valence electrons. The van der Waals surface area contributed by atoms with Crippen LogP contribution in [0.1, 0.15) is 30.4 Å². The molecule has 3 aromatic carbocycles. The Labute approximate surface area is 195 Å². The fraction of sp³-hybridized carbons (Fsp3) is 0.321. The lowest BCUT2D eigenvalue weighted by Crippen LogP contribution is -2.52. The van der Waals surface area contributed by atoms with Crippen molar-refractivity contribution in [3.8, 4) is 0 Å². The van der Waals surface area contributed by atoms with Crippen molar-refractivity contribution in [3.05, 3.63) is 96.1 Å². The average molecular weight is 442 g/mol. The third kappa shape index (κ3) is 4.46. The maximum atomic E-state index is 12.9. The lowest BCUT2D eigenvalue weighted by atomic mass is 9.72. The molecular weight excluding hydrogens is 410 g/mol. The Morgan fingerprint density at radius 2 is 1.55 bits per heavy atom. The highest BCUT2D eigenvalue weighted by Gasteiger charge is 2.41. The van der Waals surface area contributed by atoms with Gasteiger partial charge in [0, 0.05) is 31.5 Å². The first-order valence-electron chi connectivity index (χ1n) is 11.8. The van der Waals surface area contributed by atoms with E-state index in [9.17, 15) is 9.90 Å². The molecule has 1 fully saturated rings. The van der Waals surface area contributed by atoms with Crippen LogP contribution in [0.3, 0.4) is 0 Å². The van der Waals surface area contributed by atoms with Crippen molar-refractivity contribution in [1.29, 1.82) is 0 Å². The first-order chi connectivity index (χ1) is 16.1. The van der Waals surface area contributed by atoms with Crippen molar-refractivity contribution in [2.75, 3.05) is 29.9 Å². The fourth-order valence-corrected chi connectivity index (χ4v) is 5.26. The Hall–Kier alpha value is -3.31. The van der Waals surface area contributed by atoms with E-state index in [2.05, 4.69) is 52.7 Å². The van der Waals surface area contributed by atoms with Crippen LogP contribution >= 0.6 is 0 Å². The zero-order chi connectivity index (χ0) is 22.7. The number of hydrogen-bond donors (Lipinski definition) is 2. The molecule has 1 saturated heterocycles. The largest absolute Gasteiger partial charge is 0.356 e. The number of nitrogens with one attached hydrogen (secondary N) is 1. The number of aryl methyl sites for hydroxylation is 1. The van der Waals surface area contributed by atoms with Gasteiger partial charge < -0.3 is 20.2 Å². The molecule has 1 unspecified atom stereocenters. The number of anilines is 2. The van der Waals surface area contributed by atoms with Crippen LogP contribution in [0.15, 0.2) is 84.9 Å². The van der Waals surface area contributed by atoms with Gasteiger partial charge in [-0.1, -0.05) is 72.8 Å². The molecule has 0 spiro atoms. The molecule has 2 N–H and O–H groups in total. The number of benzene rings is 3. The van der Waals surface area contributed by atoms with Crippen LogP contribution < -0.4 is 10.2 Å². The monoisotopic (exact) mass is 441 g/mol. The number of carbonyl (C=O) groups excluding carboxylic acids is 1. The molecule has 3 aromatic rings. The summed E-state index contributed by atoms with van der Waals surface area (Å²) in [5, 5.41) is 14.0. The highest BCUT2D eigenvalue weighted by atomic mass is 16.3. The van der Waals surface area contributed by atoms with E-state index in [0.29, 0.717) is 13.0 Å². The number of carbonyl (C=O) groups is 1. The molecule has 0 radical (unpaired) electrons. The summed E-state index contributed by atoms with van der Waals surface area (Å²) < 4.78 is 0. The molecule has 33 heavy (non-hydrogen) atoms. The molecule has 5 nitrogen and oxygen atoms in total. The third-order valence-electron chi connectivity index (χ3n) is 7.20. The summed E-state index contributed by atoms with van der Waals surface area (Å²) in [6.07, 6.45) is 2.33. The molecule has 0 bridgehead atoms. The van der Waals surface area contributed by atoms with E-state index in [1.165, 1.54) is 11.1 Å². The molecular formula is C28H31N3O2. The van der Waals surface area contributed by atoms with E-state index in [0.717, 1.165) is 43.7 Å². The number of nitrogens with zero attached hydrogens (tertiary/aromatic N) is 2. The van der Waals surface area contributed by atoms with Gasteiger partial charge in [0.2, 0.25) is 12.3 Å². The summed E-state index contributed by atoms with van der Waals surface area (Å²) in [5.41, 5.74) is 4.34. The molecule has 2 heterocycles. The Kier molecular flexibility index (Phi) is 6.05. The number of aliphatic hydroxyl groups excluding tert-OH is 1. The minimum atomic E-state index is -0.742. The van der Waals surface area contributed by atoms with Crippen molar-refractivity contribution in [3.63, 3.8) is 0 Å². The number of aliphatic hydroxyl groups is 1. The van der Waals surface area contributed by atoms with Crippen molar-refractivity contribution in [2.24, 2.45) is 0 Å². The molecule has 2 aliphatic heterocycles. The molecule has 5 heteroatoms. The van der Waals surface area contributed by atoms with Gasteiger partial charge in [-0.15, -0.1) is 0 Å². The van der Waals surface area contributed by atoms with Gasteiger partial charge in [-0.05, 0) is 42.5 Å². The summed E-state index contributed by atoms with van der Waals surface area (Å²) in [5.74, 6) is 0.230. The first kappa shape index (κ1) is 21.5. The van der Waals surface area contributed by atoms with Crippen LogP contribution in [-0.2, 0) is 16.6 Å². The van der Waals surface area contributed by atoms with Gasteiger partial charge in [0.1, 0.15) is 0 Å². The molecule has 0 aromatic heterocycles. The number of amides is 1. The predicted octanol–water partition coefficient (Wildman–Crippen LogP) is 4.39.